The topological polar surface area (TPSA) is 15.3 Å². The minimum absolute atomic E-state index is 0.633. The Morgan fingerprint density at radius 3 is 1.78 bits per heavy atom. The lowest BCUT2D eigenvalue weighted by Crippen LogP contribution is -2.45. The number of hydrogen-bond donors (Lipinski definition) is 1. The summed E-state index contributed by atoms with van der Waals surface area (Å²) in [6.45, 7) is 19.7. The van der Waals surface area contributed by atoms with Gasteiger partial charge < -0.3 is 5.32 Å². The van der Waals surface area contributed by atoms with Gasteiger partial charge in [0.1, 0.15) is 0 Å². The summed E-state index contributed by atoms with van der Waals surface area (Å²) in [5, 5.41) is 3.67. The molecule has 0 bridgehead atoms. The molecule has 0 saturated heterocycles. The Bertz CT molecular complexity index is 180. The molecule has 0 fully saturated rings. The van der Waals surface area contributed by atoms with Crippen molar-refractivity contribution in [1.29, 1.82) is 0 Å². The normalized spacial score (nSPS) is 15.7. The van der Waals surface area contributed by atoms with Crippen LogP contribution in [0, 0.1) is 11.8 Å². The van der Waals surface area contributed by atoms with Crippen LogP contribution in [0.3, 0.4) is 0 Å². The molecule has 0 aliphatic carbocycles. The number of nitrogens with zero attached hydrogens (tertiary/aromatic N) is 1. The van der Waals surface area contributed by atoms with E-state index in [1.807, 2.05) is 0 Å². The fourth-order valence-electron chi connectivity index (χ4n) is 2.41. The van der Waals surface area contributed by atoms with Gasteiger partial charge in [0.25, 0.3) is 0 Å². The molecule has 0 aromatic carbocycles. The van der Waals surface area contributed by atoms with Crippen molar-refractivity contribution in [2.24, 2.45) is 11.8 Å². The predicted molar refractivity (Wildman–Crippen MR) is 83.1 cm³/mol. The summed E-state index contributed by atoms with van der Waals surface area (Å²) >= 11 is 0. The lowest BCUT2D eigenvalue weighted by molar-refractivity contribution is 0.161. The second-order valence-corrected chi connectivity index (χ2v) is 6.69. The number of rotatable bonds is 10. The van der Waals surface area contributed by atoms with E-state index in [0.717, 1.165) is 18.4 Å². The molecular weight excluding hydrogens is 220 g/mol. The van der Waals surface area contributed by atoms with E-state index in [9.17, 15) is 0 Å². The monoisotopic (exact) mass is 256 g/mol. The fourth-order valence-corrected chi connectivity index (χ4v) is 2.41. The Balaban J connectivity index is 4.14. The van der Waals surface area contributed by atoms with E-state index >= 15 is 0 Å². The Morgan fingerprint density at radius 2 is 1.39 bits per heavy atom. The first-order valence-corrected chi connectivity index (χ1v) is 7.84. The molecule has 0 aromatic heterocycles. The zero-order valence-electron chi connectivity index (χ0n) is 13.8. The molecule has 2 heteroatoms. The minimum Gasteiger partial charge on any atom is -0.313 e. The van der Waals surface area contributed by atoms with Crippen LogP contribution in [-0.4, -0.2) is 36.6 Å². The van der Waals surface area contributed by atoms with Gasteiger partial charge in [-0.1, -0.05) is 41.0 Å². The summed E-state index contributed by atoms with van der Waals surface area (Å²) in [7, 11) is 0. The lowest BCUT2D eigenvalue weighted by atomic mass is 10.1. The predicted octanol–water partition coefficient (Wildman–Crippen LogP) is 3.77. The quantitative estimate of drug-likeness (QED) is 0.640. The molecule has 0 aromatic rings. The van der Waals surface area contributed by atoms with E-state index in [0.29, 0.717) is 12.1 Å². The number of hydrogen-bond acceptors (Lipinski definition) is 2. The van der Waals surface area contributed by atoms with Gasteiger partial charge in [-0.2, -0.15) is 0 Å². The summed E-state index contributed by atoms with van der Waals surface area (Å²) in [5.74, 6) is 1.50. The third-order valence-electron chi connectivity index (χ3n) is 3.31. The standard InChI is InChI=1S/C16H36N2/c1-8-9-15(6)17-10-16(7)18(11-13(2)3)12-14(4)5/h13-17H,8-12H2,1-7H3. The summed E-state index contributed by atoms with van der Waals surface area (Å²) in [6.07, 6.45) is 2.55. The average Bonchev–Trinajstić information content (AvgIpc) is 2.24. The maximum atomic E-state index is 3.67. The van der Waals surface area contributed by atoms with Crippen LogP contribution in [0.15, 0.2) is 0 Å². The fraction of sp³-hybridized carbons (Fsp3) is 1.00. The van der Waals surface area contributed by atoms with Crippen LogP contribution in [0.1, 0.15) is 61.3 Å². The molecular formula is C16H36N2. The molecule has 2 nitrogen and oxygen atoms in total. The highest BCUT2D eigenvalue weighted by Crippen LogP contribution is 2.08. The molecule has 0 heterocycles. The Kier molecular flexibility index (Phi) is 9.76. The second-order valence-electron chi connectivity index (χ2n) is 6.69. The largest absolute Gasteiger partial charge is 0.313 e. The van der Waals surface area contributed by atoms with Gasteiger partial charge in [-0.05, 0) is 32.1 Å². The van der Waals surface area contributed by atoms with E-state index in [2.05, 4.69) is 58.7 Å². The lowest BCUT2D eigenvalue weighted by Gasteiger charge is -2.33. The van der Waals surface area contributed by atoms with Gasteiger partial charge in [0.05, 0.1) is 0 Å². The zero-order chi connectivity index (χ0) is 14.1. The second kappa shape index (κ2) is 9.80. The molecule has 1 N–H and O–H groups in total. The maximum absolute atomic E-state index is 3.67. The summed E-state index contributed by atoms with van der Waals surface area (Å²) in [5.41, 5.74) is 0. The molecule has 0 amide bonds. The average molecular weight is 256 g/mol. The third-order valence-corrected chi connectivity index (χ3v) is 3.31. The highest BCUT2D eigenvalue weighted by molar-refractivity contribution is 4.74. The molecule has 0 radical (unpaired) electrons. The first-order valence-electron chi connectivity index (χ1n) is 7.84. The summed E-state index contributed by atoms with van der Waals surface area (Å²) < 4.78 is 0. The molecule has 2 unspecified atom stereocenters. The van der Waals surface area contributed by atoms with E-state index in [-0.39, 0.29) is 0 Å². The van der Waals surface area contributed by atoms with Gasteiger partial charge in [-0.3, -0.25) is 4.90 Å². The van der Waals surface area contributed by atoms with Gasteiger partial charge in [0.2, 0.25) is 0 Å². The van der Waals surface area contributed by atoms with Crippen LogP contribution in [0.25, 0.3) is 0 Å². The molecule has 0 aliphatic rings. The van der Waals surface area contributed by atoms with Crippen molar-refractivity contribution < 1.29 is 0 Å². The molecule has 110 valence electrons. The molecule has 0 spiro atoms. The molecule has 0 saturated carbocycles. The SMILES string of the molecule is CCCC(C)NCC(C)N(CC(C)C)CC(C)C. The first-order chi connectivity index (χ1) is 8.36. The molecule has 2 atom stereocenters. The van der Waals surface area contributed by atoms with Gasteiger partial charge >= 0.3 is 0 Å². The van der Waals surface area contributed by atoms with Crippen LogP contribution in [-0.2, 0) is 0 Å². The van der Waals surface area contributed by atoms with Crippen molar-refractivity contribution in [3.63, 3.8) is 0 Å². The highest BCUT2D eigenvalue weighted by Gasteiger charge is 2.16. The highest BCUT2D eigenvalue weighted by atomic mass is 15.2. The van der Waals surface area contributed by atoms with Gasteiger partial charge in [0.15, 0.2) is 0 Å². The van der Waals surface area contributed by atoms with Gasteiger partial charge in [-0.15, -0.1) is 0 Å². The van der Waals surface area contributed by atoms with E-state index in [1.54, 1.807) is 0 Å². The molecule has 18 heavy (non-hydrogen) atoms. The Morgan fingerprint density at radius 1 is 0.889 bits per heavy atom. The van der Waals surface area contributed by atoms with Crippen molar-refractivity contribution in [2.45, 2.75) is 73.4 Å². The van der Waals surface area contributed by atoms with Crippen molar-refractivity contribution in [2.75, 3.05) is 19.6 Å². The van der Waals surface area contributed by atoms with E-state index in [4.69, 9.17) is 0 Å². The van der Waals surface area contributed by atoms with E-state index < -0.39 is 0 Å². The zero-order valence-corrected chi connectivity index (χ0v) is 13.8. The van der Waals surface area contributed by atoms with Crippen molar-refractivity contribution in [3.05, 3.63) is 0 Å². The maximum Gasteiger partial charge on any atom is 0.0192 e. The van der Waals surface area contributed by atoms with Crippen molar-refractivity contribution >= 4 is 0 Å². The van der Waals surface area contributed by atoms with Crippen molar-refractivity contribution in [3.8, 4) is 0 Å². The van der Waals surface area contributed by atoms with Crippen LogP contribution < -0.4 is 5.32 Å². The first kappa shape index (κ1) is 17.9. The Hall–Kier alpha value is -0.0800. The van der Waals surface area contributed by atoms with Crippen LogP contribution in [0.2, 0.25) is 0 Å². The van der Waals surface area contributed by atoms with Gasteiger partial charge in [0, 0.05) is 31.7 Å². The number of nitrogens with one attached hydrogen (secondary N) is 1. The van der Waals surface area contributed by atoms with E-state index in [1.165, 1.54) is 25.9 Å². The molecule has 0 rings (SSSR count). The van der Waals surface area contributed by atoms with Crippen molar-refractivity contribution in [1.82, 2.24) is 10.2 Å². The van der Waals surface area contributed by atoms with Crippen LogP contribution in [0.4, 0.5) is 0 Å². The van der Waals surface area contributed by atoms with Crippen LogP contribution in [0.5, 0.6) is 0 Å². The summed E-state index contributed by atoms with van der Waals surface area (Å²) in [4.78, 5) is 2.64. The summed E-state index contributed by atoms with van der Waals surface area (Å²) in [6, 6.07) is 1.28. The minimum atomic E-state index is 0.633. The smallest absolute Gasteiger partial charge is 0.0192 e. The third kappa shape index (κ3) is 8.93. The van der Waals surface area contributed by atoms with Crippen LogP contribution >= 0.6 is 0 Å². The molecule has 0 aliphatic heterocycles. The van der Waals surface area contributed by atoms with Gasteiger partial charge in [-0.25, -0.2) is 0 Å². The Labute approximate surface area is 116 Å².